The van der Waals surface area contributed by atoms with Crippen LogP contribution in [0.5, 0.6) is 5.75 Å². The quantitative estimate of drug-likeness (QED) is 0.401. The molecule has 78 valence electrons. The molecule has 1 aromatic rings. The summed E-state index contributed by atoms with van der Waals surface area (Å²) in [6.07, 6.45) is -1.07. The summed E-state index contributed by atoms with van der Waals surface area (Å²) in [5.74, 6) is 3.84. The summed E-state index contributed by atoms with van der Waals surface area (Å²) in [6, 6.07) is 5.90. The fraction of sp³-hybridized carbons (Fsp3) is 0.182. The van der Waals surface area contributed by atoms with Crippen molar-refractivity contribution in [2.24, 2.45) is 0 Å². The Morgan fingerprint density at radius 1 is 1.40 bits per heavy atom. The van der Waals surface area contributed by atoms with Crippen molar-refractivity contribution in [3.05, 3.63) is 29.8 Å². The molecule has 0 fully saturated rings. The third-order valence-electron chi connectivity index (χ3n) is 1.71. The fourth-order valence-electron chi connectivity index (χ4n) is 0.918. The van der Waals surface area contributed by atoms with Crippen molar-refractivity contribution in [3.63, 3.8) is 0 Å². The van der Waals surface area contributed by atoms with Gasteiger partial charge in [0.05, 0.1) is 7.11 Å². The second-order valence-corrected chi connectivity index (χ2v) is 2.75. The number of aromatic hydroxyl groups is 1. The second kappa shape index (κ2) is 5.03. The molecule has 0 radical (unpaired) electrons. The lowest BCUT2D eigenvalue weighted by Gasteiger charge is -2.02. The van der Waals surface area contributed by atoms with E-state index in [1.807, 2.05) is 0 Å². The van der Waals surface area contributed by atoms with Crippen LogP contribution < -0.4 is 0 Å². The van der Waals surface area contributed by atoms with Crippen molar-refractivity contribution in [2.45, 2.75) is 6.10 Å². The average Bonchev–Trinajstić information content (AvgIpc) is 2.26. The lowest BCUT2D eigenvalue weighted by molar-refractivity contribution is -0.133. The van der Waals surface area contributed by atoms with Crippen molar-refractivity contribution in [2.75, 3.05) is 7.11 Å². The zero-order chi connectivity index (χ0) is 11.3. The highest BCUT2D eigenvalue weighted by molar-refractivity contribution is 5.88. The van der Waals surface area contributed by atoms with Gasteiger partial charge in [-0.2, -0.15) is 0 Å². The fourth-order valence-corrected chi connectivity index (χ4v) is 0.918. The zero-order valence-corrected chi connectivity index (χ0v) is 8.10. The molecular weight excluding hydrogens is 196 g/mol. The number of benzene rings is 1. The van der Waals surface area contributed by atoms with Gasteiger partial charge in [-0.15, -0.1) is 0 Å². The van der Waals surface area contributed by atoms with E-state index in [9.17, 15) is 9.90 Å². The zero-order valence-electron chi connectivity index (χ0n) is 8.10. The maximum atomic E-state index is 10.7. The first-order chi connectivity index (χ1) is 7.13. The van der Waals surface area contributed by atoms with Crippen LogP contribution in [-0.2, 0) is 9.53 Å². The lowest BCUT2D eigenvalue weighted by Crippen LogP contribution is -1.98. The Kier molecular flexibility index (Phi) is 3.72. The van der Waals surface area contributed by atoms with E-state index in [0.717, 1.165) is 0 Å². The van der Waals surface area contributed by atoms with E-state index >= 15 is 0 Å². The summed E-state index contributed by atoms with van der Waals surface area (Å²) < 4.78 is 4.29. The van der Waals surface area contributed by atoms with Gasteiger partial charge in [0, 0.05) is 5.92 Å². The number of rotatable bonds is 1. The molecule has 0 heterocycles. The first kappa shape index (κ1) is 11.1. The highest BCUT2D eigenvalue weighted by atomic mass is 16.5. The number of aliphatic hydroxyl groups is 1. The summed E-state index contributed by atoms with van der Waals surface area (Å²) >= 11 is 0. The van der Waals surface area contributed by atoms with Crippen molar-refractivity contribution < 1.29 is 19.7 Å². The van der Waals surface area contributed by atoms with Gasteiger partial charge in [0.15, 0.2) is 0 Å². The number of hydrogen-bond acceptors (Lipinski definition) is 4. The van der Waals surface area contributed by atoms with Gasteiger partial charge in [0.2, 0.25) is 0 Å². The summed E-state index contributed by atoms with van der Waals surface area (Å²) in [4.78, 5) is 10.7. The first-order valence-electron chi connectivity index (χ1n) is 4.20. The van der Waals surface area contributed by atoms with Gasteiger partial charge in [-0.1, -0.05) is 18.1 Å². The Hall–Kier alpha value is -1.99. The molecule has 0 bridgehead atoms. The van der Waals surface area contributed by atoms with Crippen LogP contribution in [0, 0.1) is 11.8 Å². The molecule has 0 amide bonds. The van der Waals surface area contributed by atoms with Gasteiger partial charge in [-0.25, -0.2) is 4.79 Å². The Bertz CT molecular complexity index is 397. The number of carbonyl (C=O) groups is 1. The van der Waals surface area contributed by atoms with E-state index < -0.39 is 12.1 Å². The molecule has 0 saturated carbocycles. The maximum absolute atomic E-state index is 10.7. The Morgan fingerprint density at radius 2 is 2.00 bits per heavy atom. The van der Waals surface area contributed by atoms with E-state index in [-0.39, 0.29) is 5.75 Å². The molecule has 4 heteroatoms. The highest BCUT2D eigenvalue weighted by Crippen LogP contribution is 2.15. The molecular formula is C11H10O4. The van der Waals surface area contributed by atoms with Gasteiger partial charge in [-0.3, -0.25) is 0 Å². The minimum absolute atomic E-state index is 0.104. The third kappa shape index (κ3) is 3.33. The number of methoxy groups -OCH3 is 1. The van der Waals surface area contributed by atoms with E-state index in [0.29, 0.717) is 5.56 Å². The predicted molar refractivity (Wildman–Crippen MR) is 52.9 cm³/mol. The van der Waals surface area contributed by atoms with Gasteiger partial charge < -0.3 is 14.9 Å². The van der Waals surface area contributed by atoms with Crippen molar-refractivity contribution in [1.82, 2.24) is 0 Å². The third-order valence-corrected chi connectivity index (χ3v) is 1.71. The number of aliphatic hydroxyl groups excluding tert-OH is 1. The number of carbonyl (C=O) groups excluding carboxylic acids is 1. The standard InChI is InChI=1S/C11H10O4/c1-15-11(14)7-6-10(13)8-2-4-9(12)5-3-8/h2-5,10,12-13H,1H3. The number of hydrogen-bond donors (Lipinski definition) is 2. The molecule has 0 saturated heterocycles. The van der Waals surface area contributed by atoms with E-state index in [1.54, 1.807) is 0 Å². The number of phenolic OH excluding ortho intramolecular Hbond substituents is 1. The molecule has 4 nitrogen and oxygen atoms in total. The summed E-state index contributed by atoms with van der Waals surface area (Å²) in [5, 5.41) is 18.5. The monoisotopic (exact) mass is 206 g/mol. The highest BCUT2D eigenvalue weighted by Gasteiger charge is 2.03. The van der Waals surface area contributed by atoms with Crippen LogP contribution in [-0.4, -0.2) is 23.3 Å². The van der Waals surface area contributed by atoms with Crippen LogP contribution >= 0.6 is 0 Å². The Balaban J connectivity index is 2.75. The number of esters is 1. The van der Waals surface area contributed by atoms with Gasteiger partial charge in [0.1, 0.15) is 11.9 Å². The molecule has 1 rings (SSSR count). The molecule has 15 heavy (non-hydrogen) atoms. The van der Waals surface area contributed by atoms with Crippen LogP contribution in [0.2, 0.25) is 0 Å². The summed E-state index contributed by atoms with van der Waals surface area (Å²) in [5.41, 5.74) is 0.504. The Morgan fingerprint density at radius 3 is 2.53 bits per heavy atom. The number of ether oxygens (including phenoxy) is 1. The maximum Gasteiger partial charge on any atom is 0.384 e. The molecule has 1 aromatic carbocycles. The second-order valence-electron chi connectivity index (χ2n) is 2.75. The minimum atomic E-state index is -1.07. The van der Waals surface area contributed by atoms with Crippen LogP contribution in [0.3, 0.4) is 0 Å². The molecule has 1 unspecified atom stereocenters. The van der Waals surface area contributed by atoms with Gasteiger partial charge >= 0.3 is 5.97 Å². The molecule has 0 aromatic heterocycles. The molecule has 0 aliphatic carbocycles. The Labute approximate surface area is 87.1 Å². The average molecular weight is 206 g/mol. The van der Waals surface area contributed by atoms with E-state index in [1.165, 1.54) is 31.4 Å². The van der Waals surface area contributed by atoms with Gasteiger partial charge in [-0.05, 0) is 17.7 Å². The van der Waals surface area contributed by atoms with Crippen LogP contribution in [0.1, 0.15) is 11.7 Å². The molecule has 0 aliphatic heterocycles. The summed E-state index contributed by atoms with van der Waals surface area (Å²) in [7, 11) is 1.21. The van der Waals surface area contributed by atoms with Crippen molar-refractivity contribution in [1.29, 1.82) is 0 Å². The summed E-state index contributed by atoms with van der Waals surface area (Å²) in [6.45, 7) is 0. The van der Waals surface area contributed by atoms with E-state index in [2.05, 4.69) is 16.6 Å². The molecule has 0 aliphatic rings. The van der Waals surface area contributed by atoms with E-state index in [4.69, 9.17) is 5.11 Å². The molecule has 0 spiro atoms. The first-order valence-corrected chi connectivity index (χ1v) is 4.20. The SMILES string of the molecule is COC(=O)C#CC(O)c1ccc(O)cc1. The van der Waals surface area contributed by atoms with Crippen LogP contribution in [0.15, 0.2) is 24.3 Å². The van der Waals surface area contributed by atoms with Crippen molar-refractivity contribution >= 4 is 5.97 Å². The largest absolute Gasteiger partial charge is 0.508 e. The molecule has 2 N–H and O–H groups in total. The topological polar surface area (TPSA) is 66.8 Å². The minimum Gasteiger partial charge on any atom is -0.508 e. The smallest absolute Gasteiger partial charge is 0.384 e. The van der Waals surface area contributed by atoms with Crippen LogP contribution in [0.4, 0.5) is 0 Å². The predicted octanol–water partition coefficient (Wildman–Crippen LogP) is 0.602. The normalized spacial score (nSPS) is 11.1. The van der Waals surface area contributed by atoms with Gasteiger partial charge in [0.25, 0.3) is 0 Å². The lowest BCUT2D eigenvalue weighted by atomic mass is 10.1. The van der Waals surface area contributed by atoms with Crippen molar-refractivity contribution in [3.8, 4) is 17.6 Å². The number of phenols is 1. The van der Waals surface area contributed by atoms with Crippen LogP contribution in [0.25, 0.3) is 0 Å². The molecule has 1 atom stereocenters.